The summed E-state index contributed by atoms with van der Waals surface area (Å²) in [5.41, 5.74) is 1.30. The molecule has 0 bridgehead atoms. The number of aromatic nitrogens is 1. The lowest BCUT2D eigenvalue weighted by atomic mass is 10.1. The van der Waals surface area contributed by atoms with Crippen LogP contribution in [0.2, 0.25) is 0 Å². The average molecular weight is 476 g/mol. The Morgan fingerprint density at radius 2 is 1.78 bits per heavy atom. The number of amides is 1. The molecule has 1 amide bonds. The molecular formula is C21H21N3O6S2. The number of Topliss-reactive ketones (excluding diaryl/α,β-unsaturated/α-hetero) is 1. The number of thiazole rings is 1. The van der Waals surface area contributed by atoms with Gasteiger partial charge in [0.15, 0.2) is 5.78 Å². The van der Waals surface area contributed by atoms with Crippen molar-refractivity contribution in [1.29, 1.82) is 0 Å². The van der Waals surface area contributed by atoms with Gasteiger partial charge >= 0.3 is 4.87 Å². The fourth-order valence-electron chi connectivity index (χ4n) is 3.40. The number of ketones is 1. The fraction of sp³-hybridized carbons (Fsp3) is 0.286. The number of sulfonamides is 1. The first-order valence-electron chi connectivity index (χ1n) is 9.87. The van der Waals surface area contributed by atoms with Crippen LogP contribution < -0.4 is 9.60 Å². The quantitative estimate of drug-likeness (QED) is 0.545. The van der Waals surface area contributed by atoms with E-state index in [1.165, 1.54) is 41.8 Å². The zero-order valence-electron chi connectivity index (χ0n) is 17.2. The molecule has 1 aliphatic heterocycles. The van der Waals surface area contributed by atoms with Gasteiger partial charge in [-0.05, 0) is 49.4 Å². The minimum absolute atomic E-state index is 0.00597. The molecule has 1 N–H and O–H groups in total. The van der Waals surface area contributed by atoms with Gasteiger partial charge in [-0.2, -0.15) is 0 Å². The highest BCUT2D eigenvalue weighted by molar-refractivity contribution is 7.92. The van der Waals surface area contributed by atoms with Crippen LogP contribution in [0, 0.1) is 0 Å². The summed E-state index contributed by atoms with van der Waals surface area (Å²) in [4.78, 5) is 37.7. The smallest absolute Gasteiger partial charge is 0.308 e. The summed E-state index contributed by atoms with van der Waals surface area (Å²) >= 11 is 0.891. The standard InChI is InChI=1S/C21H21N3O6S2/c1-14(25)15-2-4-16(5-3-15)22-32(28,29)17-6-7-18-19(12-17)31-21(27)24(18)13-20(26)23-8-10-30-11-9-23/h2-7,12,22H,8-11,13H2,1H3. The number of fused-ring (bicyclic) bond motifs is 1. The molecule has 3 aromatic rings. The summed E-state index contributed by atoms with van der Waals surface area (Å²) in [5.74, 6) is -0.293. The number of rotatable bonds is 6. The predicted octanol–water partition coefficient (Wildman–Crippen LogP) is 1.93. The zero-order chi connectivity index (χ0) is 22.9. The van der Waals surface area contributed by atoms with E-state index in [9.17, 15) is 22.8 Å². The molecule has 0 radical (unpaired) electrons. The maximum absolute atomic E-state index is 12.8. The molecule has 1 fully saturated rings. The predicted molar refractivity (Wildman–Crippen MR) is 121 cm³/mol. The van der Waals surface area contributed by atoms with Crippen molar-refractivity contribution in [3.63, 3.8) is 0 Å². The number of nitrogens with zero attached hydrogens (tertiary/aromatic N) is 2. The third-order valence-electron chi connectivity index (χ3n) is 5.15. The van der Waals surface area contributed by atoms with Crippen molar-refractivity contribution in [2.75, 3.05) is 31.0 Å². The van der Waals surface area contributed by atoms with Crippen molar-refractivity contribution < 1.29 is 22.7 Å². The van der Waals surface area contributed by atoms with Crippen LogP contribution in [0.3, 0.4) is 0 Å². The number of benzene rings is 2. The summed E-state index contributed by atoms with van der Waals surface area (Å²) in [6.07, 6.45) is 0. The first kappa shape index (κ1) is 22.2. The molecule has 1 saturated heterocycles. The van der Waals surface area contributed by atoms with Crippen molar-refractivity contribution in [3.05, 3.63) is 57.7 Å². The molecule has 0 spiro atoms. The minimum Gasteiger partial charge on any atom is -0.378 e. The van der Waals surface area contributed by atoms with E-state index in [-0.39, 0.29) is 28.0 Å². The van der Waals surface area contributed by atoms with Crippen LogP contribution in [-0.2, 0) is 26.1 Å². The van der Waals surface area contributed by atoms with Crippen LogP contribution in [-0.4, -0.2) is 55.9 Å². The molecule has 9 nitrogen and oxygen atoms in total. The van der Waals surface area contributed by atoms with E-state index in [0.29, 0.717) is 47.8 Å². The van der Waals surface area contributed by atoms with E-state index in [1.54, 1.807) is 17.0 Å². The topological polar surface area (TPSA) is 115 Å². The van der Waals surface area contributed by atoms with Gasteiger partial charge in [0.2, 0.25) is 5.91 Å². The molecule has 0 atom stereocenters. The number of hydrogen-bond acceptors (Lipinski definition) is 7. The molecule has 168 valence electrons. The maximum atomic E-state index is 12.8. The zero-order valence-corrected chi connectivity index (χ0v) is 18.9. The van der Waals surface area contributed by atoms with Gasteiger partial charge in [-0.1, -0.05) is 11.3 Å². The second-order valence-electron chi connectivity index (χ2n) is 7.32. The first-order valence-corrected chi connectivity index (χ1v) is 12.2. The van der Waals surface area contributed by atoms with E-state index < -0.39 is 10.0 Å². The van der Waals surface area contributed by atoms with Gasteiger partial charge in [-0.15, -0.1) is 0 Å². The number of anilines is 1. The Hall–Kier alpha value is -3.02. The van der Waals surface area contributed by atoms with Crippen molar-refractivity contribution in [2.24, 2.45) is 0 Å². The molecule has 1 aliphatic rings. The molecule has 4 rings (SSSR count). The lowest BCUT2D eigenvalue weighted by Crippen LogP contribution is -2.43. The van der Waals surface area contributed by atoms with Gasteiger partial charge in [0.25, 0.3) is 10.0 Å². The molecule has 1 aromatic heterocycles. The molecule has 11 heteroatoms. The van der Waals surface area contributed by atoms with Crippen molar-refractivity contribution in [3.8, 4) is 0 Å². The molecule has 0 aliphatic carbocycles. The number of carbonyl (C=O) groups is 2. The van der Waals surface area contributed by atoms with Crippen LogP contribution in [0.4, 0.5) is 5.69 Å². The van der Waals surface area contributed by atoms with Crippen LogP contribution in [0.15, 0.2) is 52.2 Å². The summed E-state index contributed by atoms with van der Waals surface area (Å²) in [6, 6.07) is 10.5. The highest BCUT2D eigenvalue weighted by Gasteiger charge is 2.21. The lowest BCUT2D eigenvalue weighted by molar-refractivity contribution is -0.135. The Labute approximate surface area is 188 Å². The monoisotopic (exact) mass is 475 g/mol. The van der Waals surface area contributed by atoms with E-state index in [2.05, 4.69) is 4.72 Å². The van der Waals surface area contributed by atoms with Crippen LogP contribution >= 0.6 is 11.3 Å². The third kappa shape index (κ3) is 4.59. The van der Waals surface area contributed by atoms with Gasteiger partial charge in [0.05, 0.1) is 28.3 Å². The highest BCUT2D eigenvalue weighted by Crippen LogP contribution is 2.24. The van der Waals surface area contributed by atoms with Gasteiger partial charge < -0.3 is 9.64 Å². The van der Waals surface area contributed by atoms with Crippen LogP contribution in [0.25, 0.3) is 10.2 Å². The maximum Gasteiger partial charge on any atom is 0.308 e. The number of carbonyl (C=O) groups excluding carboxylic acids is 2. The van der Waals surface area contributed by atoms with E-state index in [4.69, 9.17) is 4.74 Å². The molecule has 32 heavy (non-hydrogen) atoms. The average Bonchev–Trinajstić information content (AvgIpc) is 3.08. The minimum atomic E-state index is -3.91. The number of ether oxygens (including phenoxy) is 1. The summed E-state index contributed by atoms with van der Waals surface area (Å²) < 4.78 is 35.2. The summed E-state index contributed by atoms with van der Waals surface area (Å²) in [7, 11) is -3.91. The van der Waals surface area contributed by atoms with Crippen LogP contribution in [0.5, 0.6) is 0 Å². The Kier molecular flexibility index (Phi) is 6.13. The largest absolute Gasteiger partial charge is 0.378 e. The summed E-state index contributed by atoms with van der Waals surface area (Å²) in [6.45, 7) is 3.23. The molecular weight excluding hydrogens is 454 g/mol. The Bertz CT molecular complexity index is 1340. The molecule has 0 unspecified atom stereocenters. The SMILES string of the molecule is CC(=O)c1ccc(NS(=O)(=O)c2ccc3c(c2)sc(=O)n3CC(=O)N2CCOCC2)cc1. The number of morpholine rings is 1. The molecule has 2 heterocycles. The highest BCUT2D eigenvalue weighted by atomic mass is 32.2. The van der Waals surface area contributed by atoms with E-state index in [0.717, 1.165) is 11.3 Å². The Morgan fingerprint density at radius 1 is 1.09 bits per heavy atom. The van der Waals surface area contributed by atoms with Crippen molar-refractivity contribution in [1.82, 2.24) is 9.47 Å². The summed E-state index contributed by atoms with van der Waals surface area (Å²) in [5, 5.41) is 0. The fourth-order valence-corrected chi connectivity index (χ4v) is 5.49. The second kappa shape index (κ2) is 8.85. The lowest BCUT2D eigenvalue weighted by Gasteiger charge is -2.26. The van der Waals surface area contributed by atoms with Gasteiger partial charge in [0, 0.05) is 24.3 Å². The van der Waals surface area contributed by atoms with Gasteiger partial charge in [-0.3, -0.25) is 23.7 Å². The Balaban J connectivity index is 1.57. The number of nitrogens with one attached hydrogen (secondary N) is 1. The second-order valence-corrected chi connectivity index (χ2v) is 9.99. The third-order valence-corrected chi connectivity index (χ3v) is 7.47. The van der Waals surface area contributed by atoms with Crippen LogP contribution in [0.1, 0.15) is 17.3 Å². The van der Waals surface area contributed by atoms with Gasteiger partial charge in [-0.25, -0.2) is 8.42 Å². The normalized spacial score (nSPS) is 14.5. The van der Waals surface area contributed by atoms with E-state index >= 15 is 0 Å². The Morgan fingerprint density at radius 3 is 2.44 bits per heavy atom. The number of hydrogen-bond donors (Lipinski definition) is 1. The van der Waals surface area contributed by atoms with Gasteiger partial charge in [0.1, 0.15) is 6.54 Å². The molecule has 2 aromatic carbocycles. The first-order chi connectivity index (χ1) is 15.2. The molecule has 0 saturated carbocycles. The van der Waals surface area contributed by atoms with E-state index in [1.807, 2.05) is 0 Å². The van der Waals surface area contributed by atoms with Crippen molar-refractivity contribution in [2.45, 2.75) is 18.4 Å². The van der Waals surface area contributed by atoms with Crippen molar-refractivity contribution >= 4 is 49.0 Å².